The molecule has 0 aromatic rings. The van der Waals surface area contributed by atoms with Crippen molar-refractivity contribution < 1.29 is 0 Å². The van der Waals surface area contributed by atoms with E-state index in [1.165, 1.54) is 19.3 Å². The Kier molecular flexibility index (Phi) is 3.58. The van der Waals surface area contributed by atoms with E-state index in [0.717, 1.165) is 16.0 Å². The highest BCUT2D eigenvalue weighted by Crippen LogP contribution is 2.34. The molecule has 0 spiro atoms. The molecule has 3 unspecified atom stereocenters. The number of hydrogen-bond acceptors (Lipinski definition) is 1. The number of rotatable bonds is 1. The van der Waals surface area contributed by atoms with Crippen LogP contribution in [0.15, 0.2) is 0 Å². The van der Waals surface area contributed by atoms with Gasteiger partial charge in [0, 0.05) is 10.1 Å². The van der Waals surface area contributed by atoms with Crippen molar-refractivity contribution in [3.05, 3.63) is 0 Å². The smallest absolute Gasteiger partial charge is 0.0172 e. The number of thioether (sulfide) groups is 1. The molecule has 0 N–H and O–H groups in total. The number of alkyl halides is 1. The summed E-state index contributed by atoms with van der Waals surface area (Å²) in [7, 11) is 0. The molecular weight excluding hydrogens is 208 g/mol. The average Bonchev–Trinajstić information content (AvgIpc) is 1.95. The molecule has 1 rings (SSSR count). The third-order valence-electron chi connectivity index (χ3n) is 2.35. The van der Waals surface area contributed by atoms with E-state index < -0.39 is 0 Å². The number of hydrogen-bond donors (Lipinski definition) is 0. The molecule has 0 radical (unpaired) electrons. The zero-order valence-corrected chi connectivity index (χ0v) is 9.04. The van der Waals surface area contributed by atoms with Crippen LogP contribution in [0.5, 0.6) is 0 Å². The molecule has 0 amide bonds. The summed E-state index contributed by atoms with van der Waals surface area (Å²) < 4.78 is 0. The van der Waals surface area contributed by atoms with Gasteiger partial charge in [0.1, 0.15) is 0 Å². The van der Waals surface area contributed by atoms with Crippen molar-refractivity contribution in [3.8, 4) is 0 Å². The molecule has 1 saturated carbocycles. The van der Waals surface area contributed by atoms with Gasteiger partial charge in [-0.3, -0.25) is 0 Å². The fraction of sp³-hybridized carbons (Fsp3) is 1.00. The Bertz CT molecular complexity index is 105. The van der Waals surface area contributed by atoms with Crippen LogP contribution in [0.25, 0.3) is 0 Å². The lowest BCUT2D eigenvalue weighted by molar-refractivity contribution is 0.412. The molecule has 3 atom stereocenters. The second-order valence-electron chi connectivity index (χ2n) is 3.16. The van der Waals surface area contributed by atoms with Crippen molar-refractivity contribution in [3.63, 3.8) is 0 Å². The van der Waals surface area contributed by atoms with Crippen molar-refractivity contribution in [2.45, 2.75) is 36.3 Å². The molecule has 1 aliphatic rings. The molecule has 1 fully saturated rings. The molecule has 1 aliphatic carbocycles. The first-order valence-corrected chi connectivity index (χ1v) is 6.11. The standard InChI is InChI=1S/C8H15BrS/c1-6-5-7(10-2)3-4-8(6)9/h6-8H,3-5H2,1-2H3. The summed E-state index contributed by atoms with van der Waals surface area (Å²) in [6.45, 7) is 2.35. The zero-order valence-electron chi connectivity index (χ0n) is 6.64. The van der Waals surface area contributed by atoms with Crippen LogP contribution in [0, 0.1) is 5.92 Å². The minimum absolute atomic E-state index is 0.788. The van der Waals surface area contributed by atoms with E-state index in [9.17, 15) is 0 Å². The van der Waals surface area contributed by atoms with E-state index in [2.05, 4.69) is 29.1 Å². The van der Waals surface area contributed by atoms with Gasteiger partial charge in [0.05, 0.1) is 0 Å². The lowest BCUT2D eigenvalue weighted by Gasteiger charge is -2.29. The van der Waals surface area contributed by atoms with E-state index in [4.69, 9.17) is 0 Å². The van der Waals surface area contributed by atoms with Crippen molar-refractivity contribution in [1.82, 2.24) is 0 Å². The molecule has 60 valence electrons. The summed E-state index contributed by atoms with van der Waals surface area (Å²) in [4.78, 5) is 0.788. The maximum Gasteiger partial charge on any atom is 0.0172 e. The van der Waals surface area contributed by atoms with Crippen molar-refractivity contribution in [2.24, 2.45) is 5.92 Å². The quantitative estimate of drug-likeness (QED) is 0.614. The maximum atomic E-state index is 3.70. The van der Waals surface area contributed by atoms with Crippen LogP contribution >= 0.6 is 27.7 Å². The van der Waals surface area contributed by atoms with Crippen LogP contribution in [0.1, 0.15) is 26.2 Å². The first-order chi connectivity index (χ1) is 4.74. The molecule has 0 aromatic carbocycles. The first-order valence-electron chi connectivity index (χ1n) is 3.91. The molecule has 10 heavy (non-hydrogen) atoms. The Morgan fingerprint density at radius 3 is 2.60 bits per heavy atom. The Morgan fingerprint density at radius 1 is 1.40 bits per heavy atom. The van der Waals surface area contributed by atoms with Gasteiger partial charge in [0.15, 0.2) is 0 Å². The highest BCUT2D eigenvalue weighted by atomic mass is 79.9. The molecule has 0 heterocycles. The van der Waals surface area contributed by atoms with Crippen LogP contribution in [0.3, 0.4) is 0 Å². The summed E-state index contributed by atoms with van der Waals surface area (Å²) in [6.07, 6.45) is 6.40. The van der Waals surface area contributed by atoms with Crippen LogP contribution in [-0.2, 0) is 0 Å². The van der Waals surface area contributed by atoms with Gasteiger partial charge in [-0.05, 0) is 31.4 Å². The Hall–Kier alpha value is 0.830. The van der Waals surface area contributed by atoms with Gasteiger partial charge in [0.25, 0.3) is 0 Å². The molecule has 0 aromatic heterocycles. The van der Waals surface area contributed by atoms with Crippen LogP contribution in [0.4, 0.5) is 0 Å². The minimum atomic E-state index is 0.788. The SMILES string of the molecule is CSC1CCC(Br)C(C)C1. The number of halogens is 1. The Balaban J connectivity index is 2.33. The third kappa shape index (κ3) is 2.16. The maximum absolute atomic E-state index is 3.70. The fourth-order valence-corrected chi connectivity index (χ4v) is 2.87. The van der Waals surface area contributed by atoms with E-state index in [0.29, 0.717) is 0 Å². The molecule has 0 saturated heterocycles. The van der Waals surface area contributed by atoms with Crippen molar-refractivity contribution in [2.75, 3.05) is 6.26 Å². The van der Waals surface area contributed by atoms with E-state index in [1.54, 1.807) is 0 Å². The van der Waals surface area contributed by atoms with Gasteiger partial charge < -0.3 is 0 Å². The van der Waals surface area contributed by atoms with E-state index >= 15 is 0 Å². The molecule has 2 heteroatoms. The first kappa shape index (κ1) is 8.92. The van der Waals surface area contributed by atoms with Crippen molar-refractivity contribution >= 4 is 27.7 Å². The van der Waals surface area contributed by atoms with Gasteiger partial charge in [-0.2, -0.15) is 11.8 Å². The summed E-state index contributed by atoms with van der Waals surface area (Å²) in [5.41, 5.74) is 0. The monoisotopic (exact) mass is 222 g/mol. The largest absolute Gasteiger partial charge is 0.162 e. The highest BCUT2D eigenvalue weighted by molar-refractivity contribution is 9.09. The van der Waals surface area contributed by atoms with Gasteiger partial charge in [-0.15, -0.1) is 0 Å². The lowest BCUT2D eigenvalue weighted by atomic mass is 9.90. The normalized spacial score (nSPS) is 41.7. The van der Waals surface area contributed by atoms with Crippen molar-refractivity contribution in [1.29, 1.82) is 0 Å². The lowest BCUT2D eigenvalue weighted by Crippen LogP contribution is -2.23. The molecule has 0 bridgehead atoms. The topological polar surface area (TPSA) is 0 Å². The summed E-state index contributed by atoms with van der Waals surface area (Å²) in [5.74, 6) is 0.881. The summed E-state index contributed by atoms with van der Waals surface area (Å²) in [5, 5.41) is 0.934. The van der Waals surface area contributed by atoms with Gasteiger partial charge in [0.2, 0.25) is 0 Å². The van der Waals surface area contributed by atoms with Crippen LogP contribution < -0.4 is 0 Å². The second-order valence-corrected chi connectivity index (χ2v) is 5.48. The summed E-state index contributed by atoms with van der Waals surface area (Å²) >= 11 is 5.73. The van der Waals surface area contributed by atoms with Crippen LogP contribution in [0.2, 0.25) is 0 Å². The van der Waals surface area contributed by atoms with Gasteiger partial charge >= 0.3 is 0 Å². The zero-order chi connectivity index (χ0) is 7.56. The highest BCUT2D eigenvalue weighted by Gasteiger charge is 2.24. The molecule has 0 aliphatic heterocycles. The average molecular weight is 223 g/mol. The predicted molar refractivity (Wildman–Crippen MR) is 53.0 cm³/mol. The van der Waals surface area contributed by atoms with Crippen LogP contribution in [-0.4, -0.2) is 16.3 Å². The molecule has 0 nitrogen and oxygen atoms in total. The second kappa shape index (κ2) is 4.01. The Labute approximate surface area is 76.3 Å². The Morgan fingerprint density at radius 2 is 2.10 bits per heavy atom. The predicted octanol–water partition coefficient (Wildman–Crippen LogP) is 3.30. The third-order valence-corrected chi connectivity index (χ3v) is 4.81. The van der Waals surface area contributed by atoms with Gasteiger partial charge in [-0.1, -0.05) is 22.9 Å². The summed E-state index contributed by atoms with van der Waals surface area (Å²) in [6, 6.07) is 0. The van der Waals surface area contributed by atoms with E-state index in [1.807, 2.05) is 11.8 Å². The van der Waals surface area contributed by atoms with Gasteiger partial charge in [-0.25, -0.2) is 0 Å². The minimum Gasteiger partial charge on any atom is -0.162 e. The molecular formula is C8H15BrS. The van der Waals surface area contributed by atoms with E-state index in [-0.39, 0.29) is 0 Å². The fourth-order valence-electron chi connectivity index (χ4n) is 1.52.